The Morgan fingerprint density at radius 1 is 1.29 bits per heavy atom. The van der Waals surface area contributed by atoms with Crippen molar-refractivity contribution in [1.82, 2.24) is 9.97 Å². The van der Waals surface area contributed by atoms with Crippen LogP contribution >= 0.6 is 0 Å². The highest BCUT2D eigenvalue weighted by Crippen LogP contribution is 2.21. The van der Waals surface area contributed by atoms with E-state index in [1.807, 2.05) is 25.1 Å². The summed E-state index contributed by atoms with van der Waals surface area (Å²) in [5, 5.41) is 12.8. The smallest absolute Gasteiger partial charge is 0.224 e. The number of hydrogen-bond acceptors (Lipinski definition) is 5. The number of aliphatic hydroxyl groups excluding tert-OH is 1. The normalized spacial score (nSPS) is 24.4. The van der Waals surface area contributed by atoms with Crippen LogP contribution in [0.3, 0.4) is 0 Å². The van der Waals surface area contributed by atoms with Crippen LogP contribution in [0.25, 0.3) is 0 Å². The van der Waals surface area contributed by atoms with Gasteiger partial charge in [-0.25, -0.2) is 4.98 Å². The summed E-state index contributed by atoms with van der Waals surface area (Å²) >= 11 is 0. The zero-order valence-electron chi connectivity index (χ0n) is 10.4. The molecule has 0 unspecified atom stereocenters. The first-order valence-corrected chi connectivity index (χ1v) is 6.10. The van der Waals surface area contributed by atoms with Gasteiger partial charge in [0.25, 0.3) is 0 Å². The molecule has 17 heavy (non-hydrogen) atoms. The van der Waals surface area contributed by atoms with E-state index in [0.717, 1.165) is 31.5 Å². The molecule has 1 aliphatic carbocycles. The van der Waals surface area contributed by atoms with Gasteiger partial charge < -0.3 is 15.3 Å². The van der Waals surface area contributed by atoms with E-state index in [2.05, 4.69) is 15.3 Å². The van der Waals surface area contributed by atoms with Crippen LogP contribution in [0.4, 0.5) is 11.8 Å². The predicted molar refractivity (Wildman–Crippen MR) is 68.2 cm³/mol. The minimum absolute atomic E-state index is 0.123. The second-order valence-corrected chi connectivity index (χ2v) is 4.78. The van der Waals surface area contributed by atoms with Crippen LogP contribution in [0.5, 0.6) is 0 Å². The zero-order valence-corrected chi connectivity index (χ0v) is 10.4. The first kappa shape index (κ1) is 12.1. The van der Waals surface area contributed by atoms with E-state index in [4.69, 9.17) is 0 Å². The van der Waals surface area contributed by atoms with Gasteiger partial charge in [0.2, 0.25) is 5.95 Å². The first-order chi connectivity index (χ1) is 8.15. The lowest BCUT2D eigenvalue weighted by Crippen LogP contribution is -2.29. The third-order valence-corrected chi connectivity index (χ3v) is 3.13. The van der Waals surface area contributed by atoms with Crippen molar-refractivity contribution < 1.29 is 5.11 Å². The van der Waals surface area contributed by atoms with Crippen LogP contribution in [0, 0.1) is 0 Å². The van der Waals surface area contributed by atoms with Gasteiger partial charge in [-0.05, 0) is 31.7 Å². The lowest BCUT2D eigenvalue weighted by atomic mass is 9.93. The van der Waals surface area contributed by atoms with Gasteiger partial charge in [0.15, 0.2) is 0 Å². The molecule has 1 saturated carbocycles. The summed E-state index contributed by atoms with van der Waals surface area (Å²) in [6.45, 7) is 0. The zero-order chi connectivity index (χ0) is 12.3. The number of rotatable bonds is 3. The van der Waals surface area contributed by atoms with Gasteiger partial charge in [-0.2, -0.15) is 4.98 Å². The summed E-state index contributed by atoms with van der Waals surface area (Å²) < 4.78 is 0. The maximum Gasteiger partial charge on any atom is 0.224 e. The molecule has 5 nitrogen and oxygen atoms in total. The van der Waals surface area contributed by atoms with Crippen LogP contribution in [0.2, 0.25) is 0 Å². The number of hydrogen-bond donors (Lipinski definition) is 2. The van der Waals surface area contributed by atoms with Crippen molar-refractivity contribution in [2.45, 2.75) is 37.8 Å². The quantitative estimate of drug-likeness (QED) is 0.827. The second kappa shape index (κ2) is 5.31. The summed E-state index contributed by atoms with van der Waals surface area (Å²) in [5.74, 6) is 1.58. The molecule has 0 spiro atoms. The molecule has 0 amide bonds. The van der Waals surface area contributed by atoms with Crippen molar-refractivity contribution in [2.24, 2.45) is 0 Å². The minimum Gasteiger partial charge on any atom is -0.393 e. The Labute approximate surface area is 102 Å². The molecule has 0 aliphatic heterocycles. The monoisotopic (exact) mass is 236 g/mol. The Kier molecular flexibility index (Phi) is 3.78. The van der Waals surface area contributed by atoms with Crippen molar-refractivity contribution in [3.05, 3.63) is 12.3 Å². The van der Waals surface area contributed by atoms with Crippen LogP contribution < -0.4 is 10.2 Å². The van der Waals surface area contributed by atoms with Gasteiger partial charge in [-0.3, -0.25) is 0 Å². The molecule has 1 aromatic rings. The molecule has 1 heterocycles. The maximum absolute atomic E-state index is 9.44. The largest absolute Gasteiger partial charge is 0.393 e. The third-order valence-electron chi connectivity index (χ3n) is 3.13. The van der Waals surface area contributed by atoms with E-state index in [1.165, 1.54) is 0 Å². The van der Waals surface area contributed by atoms with E-state index in [9.17, 15) is 5.11 Å². The topological polar surface area (TPSA) is 61.3 Å². The Balaban J connectivity index is 1.96. The Morgan fingerprint density at radius 2 is 2.00 bits per heavy atom. The fourth-order valence-electron chi connectivity index (χ4n) is 2.07. The summed E-state index contributed by atoms with van der Waals surface area (Å²) in [7, 11) is 3.92. The van der Waals surface area contributed by atoms with Crippen LogP contribution in [-0.4, -0.2) is 41.3 Å². The Hall–Kier alpha value is -1.36. The number of aliphatic hydroxyl groups is 1. The van der Waals surface area contributed by atoms with Crippen LogP contribution in [0.15, 0.2) is 12.3 Å². The highest BCUT2D eigenvalue weighted by molar-refractivity contribution is 5.41. The molecule has 5 heteroatoms. The van der Waals surface area contributed by atoms with E-state index in [-0.39, 0.29) is 6.10 Å². The average Bonchev–Trinajstić information content (AvgIpc) is 2.32. The van der Waals surface area contributed by atoms with Gasteiger partial charge in [0.1, 0.15) is 5.82 Å². The lowest BCUT2D eigenvalue weighted by molar-refractivity contribution is 0.126. The fraction of sp³-hybridized carbons (Fsp3) is 0.667. The summed E-state index contributed by atoms with van der Waals surface area (Å²) in [6, 6.07) is 2.27. The van der Waals surface area contributed by atoms with Crippen LogP contribution in [0.1, 0.15) is 25.7 Å². The molecule has 0 atom stereocenters. The predicted octanol–water partition coefficient (Wildman–Crippen LogP) is 1.26. The van der Waals surface area contributed by atoms with Gasteiger partial charge in [-0.1, -0.05) is 0 Å². The molecule has 1 aliphatic rings. The third kappa shape index (κ3) is 3.30. The molecule has 0 bridgehead atoms. The van der Waals surface area contributed by atoms with Crippen molar-refractivity contribution in [3.8, 4) is 0 Å². The molecule has 0 saturated heterocycles. The van der Waals surface area contributed by atoms with Gasteiger partial charge in [0, 0.05) is 26.3 Å². The highest BCUT2D eigenvalue weighted by Gasteiger charge is 2.19. The molecule has 0 radical (unpaired) electrons. The molecule has 0 aromatic carbocycles. The van der Waals surface area contributed by atoms with Crippen molar-refractivity contribution in [2.75, 3.05) is 24.3 Å². The molecule has 1 fully saturated rings. The molecule has 1 aromatic heterocycles. The Morgan fingerprint density at radius 3 is 2.65 bits per heavy atom. The molecule has 2 rings (SSSR count). The lowest BCUT2D eigenvalue weighted by Gasteiger charge is -2.26. The van der Waals surface area contributed by atoms with Crippen molar-refractivity contribution in [1.29, 1.82) is 0 Å². The van der Waals surface area contributed by atoms with E-state index in [0.29, 0.717) is 12.0 Å². The van der Waals surface area contributed by atoms with Gasteiger partial charge in [0.05, 0.1) is 6.10 Å². The van der Waals surface area contributed by atoms with Crippen molar-refractivity contribution >= 4 is 11.8 Å². The SMILES string of the molecule is CN(C)c1ccnc(NC2CCC(O)CC2)n1. The van der Waals surface area contributed by atoms with Crippen molar-refractivity contribution in [3.63, 3.8) is 0 Å². The fourth-order valence-corrected chi connectivity index (χ4v) is 2.07. The number of nitrogens with one attached hydrogen (secondary N) is 1. The minimum atomic E-state index is -0.123. The number of nitrogens with zero attached hydrogens (tertiary/aromatic N) is 3. The maximum atomic E-state index is 9.44. The highest BCUT2D eigenvalue weighted by atomic mass is 16.3. The molecular formula is C12H20N4O. The standard InChI is InChI=1S/C12H20N4O/c1-16(2)11-7-8-13-12(15-11)14-9-3-5-10(17)6-4-9/h7-10,17H,3-6H2,1-2H3,(H,13,14,15). The summed E-state index contributed by atoms with van der Waals surface area (Å²) in [5.41, 5.74) is 0. The second-order valence-electron chi connectivity index (χ2n) is 4.78. The van der Waals surface area contributed by atoms with E-state index < -0.39 is 0 Å². The van der Waals surface area contributed by atoms with E-state index >= 15 is 0 Å². The average molecular weight is 236 g/mol. The molecule has 94 valence electrons. The summed E-state index contributed by atoms with van der Waals surface area (Å²) in [4.78, 5) is 10.6. The number of aromatic nitrogens is 2. The van der Waals surface area contributed by atoms with Gasteiger partial charge in [-0.15, -0.1) is 0 Å². The molecular weight excluding hydrogens is 216 g/mol. The Bertz CT molecular complexity index is 361. The van der Waals surface area contributed by atoms with E-state index in [1.54, 1.807) is 6.20 Å². The first-order valence-electron chi connectivity index (χ1n) is 6.10. The number of anilines is 2. The van der Waals surface area contributed by atoms with Gasteiger partial charge >= 0.3 is 0 Å². The molecule has 2 N–H and O–H groups in total. The van der Waals surface area contributed by atoms with Crippen LogP contribution in [-0.2, 0) is 0 Å². The summed E-state index contributed by atoms with van der Waals surface area (Å²) in [6.07, 6.45) is 5.34.